The van der Waals surface area contributed by atoms with Crippen molar-refractivity contribution >= 4 is 12.1 Å². The lowest BCUT2D eigenvalue weighted by atomic mass is 10.2. The zero-order valence-corrected chi connectivity index (χ0v) is 16.9. The van der Waals surface area contributed by atoms with Gasteiger partial charge in [0.15, 0.2) is 0 Å². The molecule has 0 unspecified atom stereocenters. The molecule has 10 nitrogen and oxygen atoms in total. The summed E-state index contributed by atoms with van der Waals surface area (Å²) in [6.45, 7) is 5.42. The molecule has 0 spiro atoms. The second-order valence-corrected chi connectivity index (χ2v) is 7.33. The normalized spacial score (nSPS) is 11.0. The largest absolute Gasteiger partial charge is 0.456 e. The monoisotopic (exact) mass is 410 g/mol. The van der Waals surface area contributed by atoms with Crippen LogP contribution in [0.4, 0.5) is 4.79 Å². The topological polar surface area (TPSA) is 132 Å². The molecule has 0 saturated carbocycles. The number of H-pyrrole nitrogens is 1. The van der Waals surface area contributed by atoms with Gasteiger partial charge in [0, 0.05) is 30.4 Å². The van der Waals surface area contributed by atoms with E-state index >= 15 is 0 Å². The van der Waals surface area contributed by atoms with E-state index < -0.39 is 17.7 Å². The van der Waals surface area contributed by atoms with Gasteiger partial charge in [-0.2, -0.15) is 5.10 Å². The van der Waals surface area contributed by atoms with E-state index in [1.54, 1.807) is 39.2 Å². The predicted molar refractivity (Wildman–Crippen MR) is 106 cm³/mol. The van der Waals surface area contributed by atoms with Gasteiger partial charge >= 0.3 is 12.1 Å². The van der Waals surface area contributed by atoms with Crippen molar-refractivity contribution in [3.05, 3.63) is 60.1 Å². The number of aromatic nitrogens is 5. The van der Waals surface area contributed by atoms with Crippen LogP contribution in [0.1, 0.15) is 42.6 Å². The second-order valence-electron chi connectivity index (χ2n) is 7.33. The molecule has 3 aromatic rings. The summed E-state index contributed by atoms with van der Waals surface area (Å²) in [7, 11) is 0. The molecule has 0 atom stereocenters. The standard InChI is InChI=1S/C20H22N6O4/c1-20(2,3)30-19(28)24-11-17-22-9-14(10-23-17)18(27)29-12-15-8-16(26-25-15)13-4-6-21-7-5-13/h4-10H,11-12H2,1-3H3,(H,24,28)(H,25,26). The Bertz CT molecular complexity index is 996. The maximum absolute atomic E-state index is 12.2. The lowest BCUT2D eigenvalue weighted by Gasteiger charge is -2.19. The van der Waals surface area contributed by atoms with Crippen LogP contribution in [0.25, 0.3) is 11.3 Å². The van der Waals surface area contributed by atoms with Crippen LogP contribution < -0.4 is 5.32 Å². The highest BCUT2D eigenvalue weighted by Crippen LogP contribution is 2.16. The zero-order valence-electron chi connectivity index (χ0n) is 16.9. The van der Waals surface area contributed by atoms with Crippen LogP contribution in [0.5, 0.6) is 0 Å². The maximum atomic E-state index is 12.2. The van der Waals surface area contributed by atoms with E-state index in [0.717, 1.165) is 11.3 Å². The first kappa shape index (κ1) is 20.9. The summed E-state index contributed by atoms with van der Waals surface area (Å²) in [4.78, 5) is 35.9. The summed E-state index contributed by atoms with van der Waals surface area (Å²) >= 11 is 0. The third kappa shape index (κ3) is 6.09. The number of hydrogen-bond acceptors (Lipinski definition) is 8. The number of pyridine rings is 1. The first-order valence-electron chi connectivity index (χ1n) is 9.20. The number of nitrogens with one attached hydrogen (secondary N) is 2. The molecule has 0 fully saturated rings. The van der Waals surface area contributed by atoms with Crippen molar-refractivity contribution < 1.29 is 19.1 Å². The minimum absolute atomic E-state index is 0.0267. The third-order valence-corrected chi connectivity index (χ3v) is 3.70. The molecule has 3 rings (SSSR count). The van der Waals surface area contributed by atoms with Crippen molar-refractivity contribution in [3.63, 3.8) is 0 Å². The highest BCUT2D eigenvalue weighted by Gasteiger charge is 2.16. The van der Waals surface area contributed by atoms with Crippen LogP contribution in [-0.2, 0) is 22.6 Å². The molecule has 10 heteroatoms. The van der Waals surface area contributed by atoms with E-state index in [0.29, 0.717) is 11.5 Å². The number of carbonyl (C=O) groups excluding carboxylic acids is 2. The Morgan fingerprint density at radius 1 is 1.13 bits per heavy atom. The van der Waals surface area contributed by atoms with Gasteiger partial charge in [-0.25, -0.2) is 19.6 Å². The fourth-order valence-electron chi connectivity index (χ4n) is 2.35. The number of hydrogen-bond donors (Lipinski definition) is 2. The number of amides is 1. The molecule has 0 radical (unpaired) electrons. The minimum Gasteiger partial charge on any atom is -0.456 e. The fourth-order valence-corrected chi connectivity index (χ4v) is 2.35. The molecule has 0 aliphatic heterocycles. The van der Waals surface area contributed by atoms with Crippen LogP contribution in [-0.4, -0.2) is 42.8 Å². The maximum Gasteiger partial charge on any atom is 0.408 e. The summed E-state index contributed by atoms with van der Waals surface area (Å²) in [5.74, 6) is -0.227. The molecule has 3 heterocycles. The van der Waals surface area contributed by atoms with Gasteiger partial charge in [0.2, 0.25) is 0 Å². The highest BCUT2D eigenvalue weighted by molar-refractivity contribution is 5.88. The van der Waals surface area contributed by atoms with Gasteiger partial charge in [-0.3, -0.25) is 10.1 Å². The Morgan fingerprint density at radius 3 is 2.50 bits per heavy atom. The zero-order chi connectivity index (χ0) is 21.6. The van der Waals surface area contributed by atoms with E-state index in [-0.39, 0.29) is 18.7 Å². The fraction of sp³-hybridized carbons (Fsp3) is 0.300. The van der Waals surface area contributed by atoms with Crippen molar-refractivity contribution in [2.75, 3.05) is 0 Å². The van der Waals surface area contributed by atoms with Gasteiger partial charge in [-0.1, -0.05) is 0 Å². The lowest BCUT2D eigenvalue weighted by Crippen LogP contribution is -2.32. The SMILES string of the molecule is CC(C)(C)OC(=O)NCc1ncc(C(=O)OCc2cc(-c3ccncc3)n[nH]2)cn1. The van der Waals surface area contributed by atoms with Gasteiger partial charge in [0.1, 0.15) is 18.0 Å². The minimum atomic E-state index is -0.591. The summed E-state index contributed by atoms with van der Waals surface area (Å²) in [6.07, 6.45) is 5.47. The van der Waals surface area contributed by atoms with Crippen LogP contribution in [0.3, 0.4) is 0 Å². The van der Waals surface area contributed by atoms with E-state index in [2.05, 4.69) is 30.5 Å². The van der Waals surface area contributed by atoms with Gasteiger partial charge in [0.05, 0.1) is 23.5 Å². The molecule has 0 aliphatic carbocycles. The van der Waals surface area contributed by atoms with Crippen molar-refractivity contribution in [1.29, 1.82) is 0 Å². The van der Waals surface area contributed by atoms with Crippen molar-refractivity contribution in [2.24, 2.45) is 0 Å². The summed E-state index contributed by atoms with van der Waals surface area (Å²) in [6, 6.07) is 5.47. The molecular formula is C20H22N6O4. The summed E-state index contributed by atoms with van der Waals surface area (Å²) < 4.78 is 10.4. The number of ether oxygens (including phenoxy) is 2. The van der Waals surface area contributed by atoms with Crippen LogP contribution in [0.15, 0.2) is 43.0 Å². The summed E-state index contributed by atoms with van der Waals surface area (Å²) in [5, 5.41) is 9.57. The van der Waals surface area contributed by atoms with E-state index in [1.807, 2.05) is 12.1 Å². The van der Waals surface area contributed by atoms with E-state index in [9.17, 15) is 9.59 Å². The number of esters is 1. The average molecular weight is 410 g/mol. The van der Waals surface area contributed by atoms with Gasteiger partial charge in [0.25, 0.3) is 0 Å². The Labute approximate surface area is 173 Å². The molecule has 3 aromatic heterocycles. The molecule has 0 aliphatic rings. The van der Waals surface area contributed by atoms with Crippen molar-refractivity contribution in [1.82, 2.24) is 30.5 Å². The first-order valence-corrected chi connectivity index (χ1v) is 9.20. The summed E-state index contributed by atoms with van der Waals surface area (Å²) in [5.41, 5.74) is 1.89. The predicted octanol–water partition coefficient (Wildman–Crippen LogP) is 2.64. The van der Waals surface area contributed by atoms with Gasteiger partial charge in [-0.15, -0.1) is 0 Å². The lowest BCUT2D eigenvalue weighted by molar-refractivity contribution is 0.0464. The van der Waals surface area contributed by atoms with E-state index in [1.165, 1.54) is 12.4 Å². The molecular weight excluding hydrogens is 388 g/mol. The Balaban J connectivity index is 1.49. The molecule has 0 saturated heterocycles. The first-order chi connectivity index (χ1) is 14.3. The Morgan fingerprint density at radius 2 is 1.83 bits per heavy atom. The molecule has 1 amide bonds. The number of aromatic amines is 1. The van der Waals surface area contributed by atoms with Crippen LogP contribution in [0.2, 0.25) is 0 Å². The van der Waals surface area contributed by atoms with Gasteiger partial charge in [-0.05, 0) is 39.0 Å². The third-order valence-electron chi connectivity index (χ3n) is 3.70. The Hall–Kier alpha value is -3.82. The number of rotatable bonds is 6. The molecule has 2 N–H and O–H groups in total. The molecule has 0 aromatic carbocycles. The number of nitrogens with zero attached hydrogens (tertiary/aromatic N) is 4. The van der Waals surface area contributed by atoms with Crippen molar-refractivity contribution in [3.8, 4) is 11.3 Å². The van der Waals surface area contributed by atoms with E-state index in [4.69, 9.17) is 9.47 Å². The average Bonchev–Trinajstić information content (AvgIpc) is 3.19. The van der Waals surface area contributed by atoms with Gasteiger partial charge < -0.3 is 14.8 Å². The smallest absolute Gasteiger partial charge is 0.408 e. The second kappa shape index (κ2) is 9.12. The molecule has 0 bridgehead atoms. The quantitative estimate of drug-likeness (QED) is 0.593. The number of carbonyl (C=O) groups is 2. The Kier molecular flexibility index (Phi) is 6.35. The van der Waals surface area contributed by atoms with Crippen molar-refractivity contribution in [2.45, 2.75) is 39.5 Å². The highest BCUT2D eigenvalue weighted by atomic mass is 16.6. The molecule has 156 valence electrons. The number of alkyl carbamates (subject to hydrolysis) is 1. The van der Waals surface area contributed by atoms with Crippen LogP contribution in [0, 0.1) is 0 Å². The molecule has 30 heavy (non-hydrogen) atoms. The van der Waals surface area contributed by atoms with Crippen LogP contribution >= 0.6 is 0 Å².